The summed E-state index contributed by atoms with van der Waals surface area (Å²) >= 11 is 5.89. The molecule has 1 aromatic heterocycles. The van der Waals surface area contributed by atoms with E-state index in [1.807, 2.05) is 6.92 Å². The summed E-state index contributed by atoms with van der Waals surface area (Å²) in [6, 6.07) is 1.53. The topological polar surface area (TPSA) is 88.2 Å². The van der Waals surface area contributed by atoms with Crippen molar-refractivity contribution in [2.24, 2.45) is 0 Å². The molecular formula is C11H16ClN3O3S. The van der Waals surface area contributed by atoms with Crippen LogP contribution in [-0.4, -0.2) is 44.4 Å². The second-order valence-corrected chi connectivity index (χ2v) is 6.63. The van der Waals surface area contributed by atoms with Crippen molar-refractivity contribution in [1.29, 1.82) is 0 Å². The predicted octanol–water partition coefficient (Wildman–Crippen LogP) is 0.941. The lowest BCUT2D eigenvalue weighted by Gasteiger charge is -2.08. The zero-order valence-corrected chi connectivity index (χ0v) is 12.3. The molecule has 19 heavy (non-hydrogen) atoms. The number of hydrogen-bond donors (Lipinski definition) is 2. The van der Waals surface area contributed by atoms with Crippen molar-refractivity contribution in [3.8, 4) is 0 Å². The normalized spacial score (nSPS) is 11.1. The summed E-state index contributed by atoms with van der Waals surface area (Å²) < 4.78 is 21.9. The van der Waals surface area contributed by atoms with E-state index >= 15 is 0 Å². The molecule has 8 heteroatoms. The van der Waals surface area contributed by atoms with Gasteiger partial charge in [0.15, 0.2) is 0 Å². The van der Waals surface area contributed by atoms with E-state index in [-0.39, 0.29) is 22.9 Å². The Balaban J connectivity index is 2.73. The van der Waals surface area contributed by atoms with Crippen LogP contribution in [0.4, 0.5) is 5.82 Å². The van der Waals surface area contributed by atoms with Gasteiger partial charge in [-0.1, -0.05) is 11.6 Å². The number of rotatable bonds is 6. The number of hydrogen-bond acceptors (Lipinski definition) is 5. The Morgan fingerprint density at radius 1 is 1.47 bits per heavy atom. The SMILES string of the molecule is CCNc1cc(C(=O)NCCS(C)(=O)=O)c(Cl)cn1. The van der Waals surface area contributed by atoms with Crippen LogP contribution in [0.15, 0.2) is 12.3 Å². The number of nitrogens with one attached hydrogen (secondary N) is 2. The summed E-state index contributed by atoms with van der Waals surface area (Å²) in [6.45, 7) is 2.62. The molecule has 0 aliphatic carbocycles. The maximum absolute atomic E-state index is 11.9. The van der Waals surface area contributed by atoms with E-state index in [1.54, 1.807) is 0 Å². The van der Waals surface area contributed by atoms with E-state index in [1.165, 1.54) is 12.3 Å². The van der Waals surface area contributed by atoms with Crippen molar-refractivity contribution >= 4 is 33.2 Å². The van der Waals surface area contributed by atoms with Crippen LogP contribution in [0.25, 0.3) is 0 Å². The third kappa shape index (κ3) is 5.44. The molecule has 2 N–H and O–H groups in total. The van der Waals surface area contributed by atoms with Gasteiger partial charge in [0.05, 0.1) is 16.3 Å². The highest BCUT2D eigenvalue weighted by molar-refractivity contribution is 7.90. The lowest BCUT2D eigenvalue weighted by Crippen LogP contribution is -2.29. The number of halogens is 1. The van der Waals surface area contributed by atoms with E-state index in [0.29, 0.717) is 12.4 Å². The fourth-order valence-electron chi connectivity index (χ4n) is 1.34. The Labute approximate surface area is 117 Å². The van der Waals surface area contributed by atoms with Crippen molar-refractivity contribution in [3.63, 3.8) is 0 Å². The molecule has 1 aromatic rings. The Hall–Kier alpha value is -1.34. The van der Waals surface area contributed by atoms with E-state index < -0.39 is 15.7 Å². The monoisotopic (exact) mass is 305 g/mol. The summed E-state index contributed by atoms with van der Waals surface area (Å²) in [4.78, 5) is 15.9. The van der Waals surface area contributed by atoms with Crippen LogP contribution in [0, 0.1) is 0 Å². The molecule has 0 bridgehead atoms. The first-order chi connectivity index (χ1) is 8.83. The van der Waals surface area contributed by atoms with Gasteiger partial charge in [0.25, 0.3) is 5.91 Å². The first-order valence-electron chi connectivity index (χ1n) is 5.69. The van der Waals surface area contributed by atoms with Crippen LogP contribution in [0.3, 0.4) is 0 Å². The second-order valence-electron chi connectivity index (χ2n) is 3.97. The minimum absolute atomic E-state index is 0.0485. The average molecular weight is 306 g/mol. The van der Waals surface area contributed by atoms with Crippen LogP contribution in [-0.2, 0) is 9.84 Å². The van der Waals surface area contributed by atoms with Crippen LogP contribution in [0.2, 0.25) is 5.02 Å². The summed E-state index contributed by atoms with van der Waals surface area (Å²) in [5.74, 6) is 0.0111. The Kier molecular flexibility index (Phi) is 5.56. The summed E-state index contributed by atoms with van der Waals surface area (Å²) in [7, 11) is -3.10. The number of anilines is 1. The van der Waals surface area contributed by atoms with Crippen molar-refractivity contribution in [3.05, 3.63) is 22.8 Å². The van der Waals surface area contributed by atoms with E-state index in [4.69, 9.17) is 11.6 Å². The number of sulfone groups is 1. The number of carbonyl (C=O) groups is 1. The maximum Gasteiger partial charge on any atom is 0.253 e. The molecule has 0 aliphatic rings. The molecular weight excluding hydrogens is 290 g/mol. The standard InChI is InChI=1S/C11H16ClN3O3S/c1-3-13-10-6-8(9(12)7-15-10)11(16)14-4-5-19(2,17)18/h6-7H,3-5H2,1-2H3,(H,13,15)(H,14,16). The molecule has 0 radical (unpaired) electrons. The van der Waals surface area contributed by atoms with Gasteiger partial charge in [-0.15, -0.1) is 0 Å². The molecule has 6 nitrogen and oxygen atoms in total. The molecule has 0 fully saturated rings. The molecule has 0 aliphatic heterocycles. The smallest absolute Gasteiger partial charge is 0.253 e. The zero-order chi connectivity index (χ0) is 14.5. The number of nitrogens with zero attached hydrogens (tertiary/aromatic N) is 1. The van der Waals surface area contributed by atoms with E-state index in [2.05, 4.69) is 15.6 Å². The fraction of sp³-hybridized carbons (Fsp3) is 0.455. The molecule has 1 heterocycles. The van der Waals surface area contributed by atoms with Crippen molar-refractivity contribution < 1.29 is 13.2 Å². The van der Waals surface area contributed by atoms with Crippen molar-refractivity contribution in [2.45, 2.75) is 6.92 Å². The molecule has 106 valence electrons. The van der Waals surface area contributed by atoms with Crippen LogP contribution >= 0.6 is 11.6 Å². The van der Waals surface area contributed by atoms with E-state index in [0.717, 1.165) is 6.26 Å². The quantitative estimate of drug-likeness (QED) is 0.816. The Morgan fingerprint density at radius 2 is 2.16 bits per heavy atom. The summed E-state index contributed by atoms with van der Waals surface area (Å²) in [5, 5.41) is 5.69. The minimum atomic E-state index is -3.10. The lowest BCUT2D eigenvalue weighted by molar-refractivity contribution is 0.0956. The first kappa shape index (κ1) is 15.7. The minimum Gasteiger partial charge on any atom is -0.370 e. The number of pyridine rings is 1. The summed E-state index contributed by atoms with van der Waals surface area (Å²) in [5.41, 5.74) is 0.265. The van der Waals surface area contributed by atoms with Gasteiger partial charge in [-0.3, -0.25) is 4.79 Å². The molecule has 0 unspecified atom stereocenters. The molecule has 0 atom stereocenters. The molecule has 0 saturated heterocycles. The fourth-order valence-corrected chi connectivity index (χ4v) is 2.00. The first-order valence-corrected chi connectivity index (χ1v) is 8.12. The zero-order valence-electron chi connectivity index (χ0n) is 10.7. The third-order valence-corrected chi connectivity index (χ3v) is 3.46. The van der Waals surface area contributed by atoms with Gasteiger partial charge >= 0.3 is 0 Å². The third-order valence-electron chi connectivity index (χ3n) is 2.22. The van der Waals surface area contributed by atoms with Gasteiger partial charge < -0.3 is 10.6 Å². The molecule has 0 aromatic carbocycles. The van der Waals surface area contributed by atoms with Gasteiger partial charge in [-0.05, 0) is 13.0 Å². The number of aromatic nitrogens is 1. The number of amides is 1. The predicted molar refractivity (Wildman–Crippen MR) is 75.5 cm³/mol. The molecule has 1 amide bonds. The maximum atomic E-state index is 11.9. The Morgan fingerprint density at radius 3 is 2.74 bits per heavy atom. The van der Waals surface area contributed by atoms with E-state index in [9.17, 15) is 13.2 Å². The van der Waals surface area contributed by atoms with Crippen molar-refractivity contribution in [2.75, 3.05) is 30.4 Å². The van der Waals surface area contributed by atoms with Gasteiger partial charge in [0.2, 0.25) is 0 Å². The highest BCUT2D eigenvalue weighted by atomic mass is 35.5. The van der Waals surface area contributed by atoms with Crippen LogP contribution in [0.1, 0.15) is 17.3 Å². The molecule has 0 saturated carbocycles. The van der Waals surface area contributed by atoms with Gasteiger partial charge in [0.1, 0.15) is 15.7 Å². The van der Waals surface area contributed by atoms with Crippen LogP contribution in [0.5, 0.6) is 0 Å². The van der Waals surface area contributed by atoms with Gasteiger partial charge in [-0.2, -0.15) is 0 Å². The summed E-state index contributed by atoms with van der Waals surface area (Å²) in [6.07, 6.45) is 2.49. The highest BCUT2D eigenvalue weighted by Gasteiger charge is 2.12. The average Bonchev–Trinajstić information content (AvgIpc) is 2.30. The highest BCUT2D eigenvalue weighted by Crippen LogP contribution is 2.17. The van der Waals surface area contributed by atoms with Gasteiger partial charge in [0, 0.05) is 25.5 Å². The van der Waals surface area contributed by atoms with Gasteiger partial charge in [-0.25, -0.2) is 13.4 Å². The van der Waals surface area contributed by atoms with Crippen molar-refractivity contribution in [1.82, 2.24) is 10.3 Å². The molecule has 1 rings (SSSR count). The Bertz CT molecular complexity index is 560. The number of carbonyl (C=O) groups excluding carboxylic acids is 1. The second kappa shape index (κ2) is 6.72. The lowest BCUT2D eigenvalue weighted by atomic mass is 10.2. The van der Waals surface area contributed by atoms with Crippen LogP contribution < -0.4 is 10.6 Å². The largest absolute Gasteiger partial charge is 0.370 e. The molecule has 0 spiro atoms.